The van der Waals surface area contributed by atoms with Gasteiger partial charge < -0.3 is 16.4 Å². The van der Waals surface area contributed by atoms with Crippen LogP contribution in [0.3, 0.4) is 0 Å². The van der Waals surface area contributed by atoms with Crippen molar-refractivity contribution in [1.82, 2.24) is 20.7 Å². The van der Waals surface area contributed by atoms with Crippen LogP contribution >= 0.6 is 0 Å². The minimum absolute atomic E-state index is 0.539. The van der Waals surface area contributed by atoms with Crippen LogP contribution in [0.2, 0.25) is 0 Å². The SMILES string of the molecule is Cc1cccc(C)c1C1(N)NN(C)c2nc(Nc3ccc(C4=CCNCC4)cc3)ncc21. The van der Waals surface area contributed by atoms with Crippen LogP contribution in [0.4, 0.5) is 17.5 Å². The van der Waals surface area contributed by atoms with Crippen molar-refractivity contribution >= 4 is 23.0 Å². The molecule has 0 fully saturated rings. The molecule has 2 aliphatic rings. The van der Waals surface area contributed by atoms with Crippen molar-refractivity contribution in [3.63, 3.8) is 0 Å². The number of rotatable bonds is 4. The lowest BCUT2D eigenvalue weighted by Gasteiger charge is -2.29. The molecule has 3 heterocycles. The Kier molecular flexibility index (Phi) is 5.17. The average molecular weight is 428 g/mol. The Bertz CT molecular complexity index is 1170. The van der Waals surface area contributed by atoms with Crippen molar-refractivity contribution in [2.75, 3.05) is 30.5 Å². The molecular weight excluding hydrogens is 398 g/mol. The molecule has 1 aromatic heterocycles. The van der Waals surface area contributed by atoms with E-state index in [1.54, 1.807) is 0 Å². The van der Waals surface area contributed by atoms with E-state index in [4.69, 9.17) is 10.7 Å². The van der Waals surface area contributed by atoms with E-state index >= 15 is 0 Å². The fraction of sp³-hybridized carbons (Fsp3) is 0.280. The van der Waals surface area contributed by atoms with Gasteiger partial charge >= 0.3 is 0 Å². The molecule has 5 rings (SSSR count). The highest BCUT2D eigenvalue weighted by atomic mass is 15.6. The van der Waals surface area contributed by atoms with Crippen molar-refractivity contribution < 1.29 is 0 Å². The van der Waals surface area contributed by atoms with Crippen molar-refractivity contribution in [3.05, 3.63) is 82.6 Å². The average Bonchev–Trinajstić information content (AvgIpc) is 3.05. The molecule has 164 valence electrons. The Morgan fingerprint density at radius 3 is 2.53 bits per heavy atom. The Morgan fingerprint density at radius 2 is 1.84 bits per heavy atom. The maximum Gasteiger partial charge on any atom is 0.229 e. The number of hydrogen-bond acceptors (Lipinski definition) is 7. The lowest BCUT2D eigenvalue weighted by Crippen LogP contribution is -2.52. The summed E-state index contributed by atoms with van der Waals surface area (Å²) in [6.45, 7) is 6.12. The lowest BCUT2D eigenvalue weighted by molar-refractivity contribution is 0.442. The maximum absolute atomic E-state index is 6.91. The predicted octanol–water partition coefficient (Wildman–Crippen LogP) is 3.33. The first-order valence-corrected chi connectivity index (χ1v) is 11.0. The van der Waals surface area contributed by atoms with Crippen molar-refractivity contribution in [2.45, 2.75) is 25.9 Å². The van der Waals surface area contributed by atoms with E-state index in [0.29, 0.717) is 5.95 Å². The highest BCUT2D eigenvalue weighted by molar-refractivity contribution is 5.69. The second-order valence-electron chi connectivity index (χ2n) is 8.56. The minimum Gasteiger partial charge on any atom is -0.324 e. The van der Waals surface area contributed by atoms with Crippen LogP contribution in [0.25, 0.3) is 5.57 Å². The van der Waals surface area contributed by atoms with Crippen LogP contribution in [0.5, 0.6) is 0 Å². The van der Waals surface area contributed by atoms with Gasteiger partial charge in [-0.05, 0) is 66.8 Å². The second-order valence-corrected chi connectivity index (χ2v) is 8.56. The first-order chi connectivity index (χ1) is 15.5. The normalized spacial score (nSPS) is 20.1. The monoisotopic (exact) mass is 427 g/mol. The summed E-state index contributed by atoms with van der Waals surface area (Å²) < 4.78 is 0. The number of hydrogen-bond donors (Lipinski definition) is 4. The van der Waals surface area contributed by atoms with Gasteiger partial charge in [-0.1, -0.05) is 36.4 Å². The number of aryl methyl sites for hydroxylation is 2. The molecule has 32 heavy (non-hydrogen) atoms. The summed E-state index contributed by atoms with van der Waals surface area (Å²) >= 11 is 0. The summed E-state index contributed by atoms with van der Waals surface area (Å²) in [6, 6.07) is 14.6. The predicted molar refractivity (Wildman–Crippen MR) is 130 cm³/mol. The molecule has 3 aromatic rings. The smallest absolute Gasteiger partial charge is 0.229 e. The van der Waals surface area contributed by atoms with Crippen molar-refractivity contribution in [1.29, 1.82) is 0 Å². The molecule has 0 saturated heterocycles. The van der Waals surface area contributed by atoms with E-state index in [-0.39, 0.29) is 0 Å². The number of anilines is 3. The van der Waals surface area contributed by atoms with Gasteiger partial charge in [0.2, 0.25) is 5.95 Å². The van der Waals surface area contributed by atoms with Gasteiger partial charge in [0.05, 0.1) is 5.56 Å². The van der Waals surface area contributed by atoms with Crippen LogP contribution < -0.4 is 26.8 Å². The number of nitrogens with two attached hydrogens (primary N) is 1. The number of aromatic nitrogens is 2. The van der Waals surface area contributed by atoms with Gasteiger partial charge in [0.25, 0.3) is 0 Å². The van der Waals surface area contributed by atoms with Crippen LogP contribution in [0, 0.1) is 13.8 Å². The molecular formula is C25H29N7. The van der Waals surface area contributed by atoms with E-state index in [1.807, 2.05) is 24.3 Å². The number of benzene rings is 2. The van der Waals surface area contributed by atoms with Crippen LogP contribution in [-0.2, 0) is 5.66 Å². The van der Waals surface area contributed by atoms with Crippen LogP contribution in [0.15, 0.2) is 54.7 Å². The second kappa shape index (κ2) is 8.02. The molecule has 0 bridgehead atoms. The zero-order valence-electron chi connectivity index (χ0n) is 18.7. The number of fused-ring (bicyclic) bond motifs is 1. The van der Waals surface area contributed by atoms with E-state index in [0.717, 1.165) is 53.3 Å². The minimum atomic E-state index is -0.873. The Hall–Kier alpha value is -3.26. The quantitative estimate of drug-likeness (QED) is 0.508. The summed E-state index contributed by atoms with van der Waals surface area (Å²) in [5, 5.41) is 8.55. The molecule has 0 spiro atoms. The number of hydrazine groups is 1. The lowest BCUT2D eigenvalue weighted by atomic mass is 9.88. The van der Waals surface area contributed by atoms with Crippen LogP contribution in [0.1, 0.15) is 34.2 Å². The van der Waals surface area contributed by atoms with Gasteiger partial charge in [-0.25, -0.2) is 10.4 Å². The molecule has 1 atom stereocenters. The summed E-state index contributed by atoms with van der Waals surface area (Å²) in [5.41, 5.74) is 17.2. The standard InChI is InChI=1S/C25H29N7/c1-16-5-4-6-17(2)22(16)25(26)21-15-28-24(30-23(21)32(3)31-25)29-20-9-7-18(8-10-20)19-11-13-27-14-12-19/h4-11,15,27,31H,12-14,26H2,1-3H3,(H,28,29,30). The topological polar surface area (TPSA) is 91.1 Å². The Balaban J connectivity index is 1.42. The van der Waals surface area contributed by atoms with Gasteiger partial charge in [0.1, 0.15) is 5.66 Å². The third-order valence-corrected chi connectivity index (χ3v) is 6.31. The zero-order chi connectivity index (χ0) is 22.3. The van der Waals surface area contributed by atoms with Gasteiger partial charge in [-0.15, -0.1) is 0 Å². The molecule has 1 unspecified atom stereocenters. The molecule has 7 nitrogen and oxygen atoms in total. The van der Waals surface area contributed by atoms with E-state index < -0.39 is 5.66 Å². The van der Waals surface area contributed by atoms with E-state index in [9.17, 15) is 0 Å². The summed E-state index contributed by atoms with van der Waals surface area (Å²) in [7, 11) is 1.93. The molecule has 0 aliphatic carbocycles. The number of nitrogens with one attached hydrogen (secondary N) is 3. The summed E-state index contributed by atoms with van der Waals surface area (Å²) in [5.74, 6) is 1.31. The van der Waals surface area contributed by atoms with Crippen LogP contribution in [-0.4, -0.2) is 30.1 Å². The number of nitrogens with zero attached hydrogens (tertiary/aromatic N) is 3. The zero-order valence-corrected chi connectivity index (χ0v) is 18.7. The first-order valence-electron chi connectivity index (χ1n) is 11.0. The van der Waals surface area contributed by atoms with Gasteiger partial charge in [-0.3, -0.25) is 5.01 Å². The molecule has 0 saturated carbocycles. The highest BCUT2D eigenvalue weighted by Crippen LogP contribution is 2.39. The third kappa shape index (κ3) is 3.54. The first kappa shape index (κ1) is 20.6. The van der Waals surface area contributed by atoms with Gasteiger partial charge in [-0.2, -0.15) is 4.98 Å². The van der Waals surface area contributed by atoms with E-state index in [2.05, 4.69) is 77.4 Å². The summed E-state index contributed by atoms with van der Waals surface area (Å²) in [4.78, 5) is 9.35. The Morgan fingerprint density at radius 1 is 1.09 bits per heavy atom. The molecule has 2 aromatic carbocycles. The molecule has 7 heteroatoms. The molecule has 0 amide bonds. The van der Waals surface area contributed by atoms with Gasteiger partial charge in [0, 0.05) is 25.5 Å². The fourth-order valence-electron chi connectivity index (χ4n) is 4.75. The summed E-state index contributed by atoms with van der Waals surface area (Å²) in [6.07, 6.45) is 5.14. The molecule has 2 aliphatic heterocycles. The highest BCUT2D eigenvalue weighted by Gasteiger charge is 2.43. The van der Waals surface area contributed by atoms with Crippen molar-refractivity contribution in [2.24, 2.45) is 5.73 Å². The fourth-order valence-corrected chi connectivity index (χ4v) is 4.75. The van der Waals surface area contributed by atoms with E-state index in [1.165, 1.54) is 11.1 Å². The molecule has 5 N–H and O–H groups in total. The van der Waals surface area contributed by atoms with Gasteiger partial charge in [0.15, 0.2) is 5.82 Å². The molecule has 0 radical (unpaired) electrons. The Labute approximate surface area is 188 Å². The van der Waals surface area contributed by atoms with Crippen molar-refractivity contribution in [3.8, 4) is 0 Å². The third-order valence-electron chi connectivity index (χ3n) is 6.31. The largest absolute Gasteiger partial charge is 0.324 e. The maximum atomic E-state index is 6.91.